The number of nitrogens with two attached hydrogens (primary N) is 1. The van der Waals surface area contributed by atoms with E-state index in [0.29, 0.717) is 17.0 Å². The highest BCUT2D eigenvalue weighted by molar-refractivity contribution is 6.06. The van der Waals surface area contributed by atoms with Gasteiger partial charge in [-0.3, -0.25) is 14.4 Å². The summed E-state index contributed by atoms with van der Waals surface area (Å²) in [5.41, 5.74) is 3.00. The summed E-state index contributed by atoms with van der Waals surface area (Å²) in [6.45, 7) is 8.03. The minimum atomic E-state index is -2.29. The van der Waals surface area contributed by atoms with Crippen LogP contribution in [0.15, 0.2) is 54.6 Å². The normalized spacial score (nSPS) is 15.3. The molecule has 0 bridgehead atoms. The fourth-order valence-electron chi connectivity index (χ4n) is 5.64. The van der Waals surface area contributed by atoms with Crippen LogP contribution in [0, 0.1) is 11.3 Å². The number of hydrogen-bond donors (Lipinski definition) is 5. The Hall–Kier alpha value is -3.60. The number of aliphatic hydroxyl groups is 1. The maximum absolute atomic E-state index is 14.2. The van der Waals surface area contributed by atoms with Crippen molar-refractivity contribution in [2.45, 2.75) is 77.6 Å². The number of carboxylic acids is 1. The van der Waals surface area contributed by atoms with Crippen LogP contribution in [0.2, 0.25) is 0 Å². The molecule has 0 aliphatic rings. The molecular weight excluding hydrogens is 538 g/mol. The predicted molar refractivity (Wildman–Crippen MR) is 160 cm³/mol. The molecule has 2 aromatic carbocycles. The average Bonchev–Trinajstić information content (AvgIpc) is 2.91. The number of amides is 1. The lowest BCUT2D eigenvalue weighted by Gasteiger charge is -2.55. The Bertz CT molecular complexity index is 1220. The number of rotatable bonds is 15. The van der Waals surface area contributed by atoms with E-state index in [1.165, 1.54) is 7.05 Å². The Morgan fingerprint density at radius 3 is 1.98 bits per heavy atom. The van der Waals surface area contributed by atoms with Crippen molar-refractivity contribution in [1.82, 2.24) is 10.6 Å². The van der Waals surface area contributed by atoms with Crippen molar-refractivity contribution in [3.05, 3.63) is 71.3 Å². The van der Waals surface area contributed by atoms with E-state index in [4.69, 9.17) is 10.5 Å². The maximum atomic E-state index is 14.2. The van der Waals surface area contributed by atoms with Crippen LogP contribution in [0.25, 0.3) is 0 Å². The van der Waals surface area contributed by atoms with Crippen LogP contribution in [0.4, 0.5) is 4.79 Å². The minimum absolute atomic E-state index is 0.128. The van der Waals surface area contributed by atoms with Crippen molar-refractivity contribution < 1.29 is 34.1 Å². The molecular formula is C32H45N3O7. The van der Waals surface area contributed by atoms with Crippen molar-refractivity contribution >= 4 is 23.6 Å². The molecule has 2 aromatic rings. The Morgan fingerprint density at radius 1 is 0.929 bits per heavy atom. The molecule has 42 heavy (non-hydrogen) atoms. The van der Waals surface area contributed by atoms with Gasteiger partial charge in [0, 0.05) is 6.42 Å². The van der Waals surface area contributed by atoms with Gasteiger partial charge in [-0.25, -0.2) is 4.79 Å². The van der Waals surface area contributed by atoms with E-state index in [-0.39, 0.29) is 13.0 Å². The van der Waals surface area contributed by atoms with Crippen molar-refractivity contribution in [3.63, 3.8) is 0 Å². The second-order valence-corrected chi connectivity index (χ2v) is 12.1. The number of carbonyl (C=O) groups excluding carboxylic acids is 3. The van der Waals surface area contributed by atoms with Gasteiger partial charge in [0.1, 0.15) is 12.1 Å². The summed E-state index contributed by atoms with van der Waals surface area (Å²) in [6, 6.07) is 14.7. The van der Waals surface area contributed by atoms with Crippen molar-refractivity contribution in [3.8, 4) is 0 Å². The molecule has 2 rings (SSSR count). The number of Topliss-reactive ketones (excluding diaryl/α,β-unsaturated/α-hetero) is 2. The molecule has 0 saturated carbocycles. The summed E-state index contributed by atoms with van der Waals surface area (Å²) in [5.74, 6) is -2.37. The van der Waals surface area contributed by atoms with Gasteiger partial charge >= 0.3 is 12.1 Å². The predicted octanol–water partition coefficient (Wildman–Crippen LogP) is 3.03. The third-order valence-corrected chi connectivity index (χ3v) is 7.51. The topological polar surface area (TPSA) is 168 Å². The molecule has 10 heteroatoms. The number of hydrogen-bond acceptors (Lipinski definition) is 8. The first-order chi connectivity index (χ1) is 19.6. The van der Waals surface area contributed by atoms with Gasteiger partial charge in [-0.15, -0.1) is 0 Å². The Balaban J connectivity index is 2.56. The van der Waals surface area contributed by atoms with E-state index < -0.39 is 59.2 Å². The summed E-state index contributed by atoms with van der Waals surface area (Å²) >= 11 is 0. The number of aliphatic hydroxyl groups excluding tert-OH is 1. The zero-order chi connectivity index (χ0) is 31.7. The summed E-state index contributed by atoms with van der Waals surface area (Å²) in [4.78, 5) is 53.2. The standard InChI is InChI=1S/C32H45N3O7/c1-21(2)16-23-12-14-24(15-13-23)19-42-29(41)35-31(20-36,26(37)17-22-10-8-7-9-11-22)32(34-6,30(3,4)5)28(40)25(33)18-27(38)39/h7-15,21,25,34,36H,16-20,33H2,1-6H3,(H,35,41)(H,38,39)/t25-,31-,32+/m0/s1. The lowest BCUT2D eigenvalue weighted by Crippen LogP contribution is -2.83. The molecule has 230 valence electrons. The number of nitrogens with one attached hydrogen (secondary N) is 2. The van der Waals surface area contributed by atoms with E-state index in [0.717, 1.165) is 12.0 Å². The van der Waals surface area contributed by atoms with E-state index >= 15 is 0 Å². The molecule has 0 aliphatic carbocycles. The first-order valence-electron chi connectivity index (χ1n) is 14.0. The largest absolute Gasteiger partial charge is 0.481 e. The van der Waals surface area contributed by atoms with E-state index in [9.17, 15) is 29.4 Å². The maximum Gasteiger partial charge on any atom is 0.408 e. The molecule has 0 radical (unpaired) electrons. The second-order valence-electron chi connectivity index (χ2n) is 12.1. The number of carbonyl (C=O) groups is 4. The van der Waals surface area contributed by atoms with Gasteiger partial charge < -0.3 is 31.3 Å². The summed E-state index contributed by atoms with van der Waals surface area (Å²) in [7, 11) is 1.41. The summed E-state index contributed by atoms with van der Waals surface area (Å²) in [5, 5.41) is 25.8. The van der Waals surface area contributed by atoms with E-state index in [1.54, 1.807) is 51.1 Å². The number of carboxylic acid groups (broad SMARTS) is 1. The molecule has 6 N–H and O–H groups in total. The number of ether oxygens (including phenoxy) is 1. The molecule has 0 unspecified atom stereocenters. The van der Waals surface area contributed by atoms with Crippen molar-refractivity contribution in [2.24, 2.45) is 17.1 Å². The number of ketones is 2. The molecule has 0 spiro atoms. The molecule has 0 saturated heterocycles. The van der Waals surface area contributed by atoms with Crippen LogP contribution in [-0.2, 0) is 38.6 Å². The highest BCUT2D eigenvalue weighted by atomic mass is 16.5. The zero-order valence-electron chi connectivity index (χ0n) is 25.4. The lowest BCUT2D eigenvalue weighted by molar-refractivity contribution is -0.150. The Labute approximate surface area is 248 Å². The van der Waals surface area contributed by atoms with E-state index in [2.05, 4.69) is 24.5 Å². The monoisotopic (exact) mass is 583 g/mol. The van der Waals surface area contributed by atoms with Gasteiger partial charge in [-0.1, -0.05) is 89.2 Å². The van der Waals surface area contributed by atoms with Crippen LogP contribution < -0.4 is 16.4 Å². The Kier molecular flexibility index (Phi) is 12.0. The van der Waals surface area contributed by atoms with Crippen molar-refractivity contribution in [1.29, 1.82) is 0 Å². The van der Waals surface area contributed by atoms with Gasteiger partial charge in [0.05, 0.1) is 19.1 Å². The average molecular weight is 584 g/mol. The molecule has 0 heterocycles. The van der Waals surface area contributed by atoms with Gasteiger partial charge in [0.15, 0.2) is 17.1 Å². The smallest absolute Gasteiger partial charge is 0.408 e. The quantitative estimate of drug-likeness (QED) is 0.212. The molecule has 0 aromatic heterocycles. The van der Waals surface area contributed by atoms with Gasteiger partial charge in [-0.05, 0) is 41.5 Å². The second kappa shape index (κ2) is 14.5. The Morgan fingerprint density at radius 2 is 1.50 bits per heavy atom. The fourth-order valence-corrected chi connectivity index (χ4v) is 5.64. The number of alkyl carbamates (subject to hydrolysis) is 1. The molecule has 10 nitrogen and oxygen atoms in total. The molecule has 1 amide bonds. The third-order valence-electron chi connectivity index (χ3n) is 7.51. The number of benzene rings is 2. The van der Waals surface area contributed by atoms with Gasteiger partial charge in [-0.2, -0.15) is 0 Å². The SMILES string of the molecule is CN[C@](C(=O)[C@@H](N)CC(=O)O)(C(C)(C)C)[C@@](CO)(NC(=O)OCc1ccc(CC(C)C)cc1)C(=O)Cc1ccccc1. The first-order valence-corrected chi connectivity index (χ1v) is 14.0. The lowest BCUT2D eigenvalue weighted by atomic mass is 9.57. The minimum Gasteiger partial charge on any atom is -0.481 e. The first kappa shape index (κ1) is 34.6. The van der Waals surface area contributed by atoms with Crippen LogP contribution in [0.5, 0.6) is 0 Å². The molecule has 0 aliphatic heterocycles. The van der Waals surface area contributed by atoms with Gasteiger partial charge in [0.2, 0.25) is 0 Å². The number of likely N-dealkylation sites (N-methyl/N-ethyl adjacent to an activating group) is 1. The molecule has 3 atom stereocenters. The molecule has 0 fully saturated rings. The van der Waals surface area contributed by atoms with Crippen LogP contribution in [0.1, 0.15) is 57.7 Å². The summed E-state index contributed by atoms with van der Waals surface area (Å²) in [6.07, 6.45) is -1.11. The highest BCUT2D eigenvalue weighted by Crippen LogP contribution is 2.42. The van der Waals surface area contributed by atoms with Crippen LogP contribution in [0.3, 0.4) is 0 Å². The highest BCUT2D eigenvalue weighted by Gasteiger charge is 2.66. The fraction of sp³-hybridized carbons (Fsp3) is 0.500. The number of aliphatic carboxylic acids is 1. The van der Waals surface area contributed by atoms with Gasteiger partial charge in [0.25, 0.3) is 0 Å². The van der Waals surface area contributed by atoms with E-state index in [1.807, 2.05) is 24.3 Å². The van der Waals surface area contributed by atoms with Crippen molar-refractivity contribution in [2.75, 3.05) is 13.7 Å². The van der Waals surface area contributed by atoms with Crippen LogP contribution >= 0.6 is 0 Å². The van der Waals surface area contributed by atoms with Crippen LogP contribution in [-0.4, -0.2) is 64.6 Å². The zero-order valence-corrected chi connectivity index (χ0v) is 25.4. The third kappa shape index (κ3) is 7.81. The summed E-state index contributed by atoms with van der Waals surface area (Å²) < 4.78 is 5.49.